The fraction of sp³-hybridized carbons (Fsp3) is 0.250. The first-order valence-electron chi connectivity index (χ1n) is 12.0. The zero-order valence-electron chi connectivity index (χ0n) is 21.1. The van der Waals surface area contributed by atoms with Crippen LogP contribution in [0.5, 0.6) is 0 Å². The van der Waals surface area contributed by atoms with E-state index in [1.165, 1.54) is 18.2 Å². The minimum absolute atomic E-state index is 0.0662. The third-order valence-corrected chi connectivity index (χ3v) is 8.06. The molecule has 1 aromatic heterocycles. The zero-order chi connectivity index (χ0) is 28.4. The summed E-state index contributed by atoms with van der Waals surface area (Å²) in [7, 11) is -4.36. The predicted octanol–water partition coefficient (Wildman–Crippen LogP) is 6.51. The number of aryl methyl sites for hydroxylation is 1. The monoisotopic (exact) mass is 563 g/mol. The highest BCUT2D eigenvalue weighted by Gasteiger charge is 2.36. The highest BCUT2D eigenvalue weighted by molar-refractivity contribution is 7.89. The molecular formula is C28H25F4NO5S. The fourth-order valence-electron chi connectivity index (χ4n) is 4.22. The Balaban J connectivity index is 1.76. The molecule has 0 unspecified atom stereocenters. The molecular weight excluding hydrogens is 538 g/mol. The molecule has 0 radical (unpaired) electrons. The molecule has 0 N–H and O–H groups in total. The number of fused-ring (bicyclic) bond motifs is 1. The van der Waals surface area contributed by atoms with Crippen LogP contribution in [0.4, 0.5) is 17.6 Å². The van der Waals surface area contributed by atoms with Gasteiger partial charge in [0.05, 0.1) is 17.1 Å². The maximum atomic E-state index is 13.8. The molecule has 0 aliphatic rings. The molecule has 6 nitrogen and oxygen atoms in total. The van der Waals surface area contributed by atoms with Crippen molar-refractivity contribution in [2.45, 2.75) is 37.9 Å². The van der Waals surface area contributed by atoms with Crippen molar-refractivity contribution in [3.05, 3.63) is 101 Å². The van der Waals surface area contributed by atoms with Gasteiger partial charge in [0, 0.05) is 24.0 Å². The Hall–Kier alpha value is -3.70. The number of benzene rings is 3. The molecule has 206 valence electrons. The van der Waals surface area contributed by atoms with Gasteiger partial charge in [-0.2, -0.15) is 17.5 Å². The van der Waals surface area contributed by atoms with Crippen molar-refractivity contribution < 1.29 is 39.9 Å². The molecule has 1 heterocycles. The molecule has 0 amide bonds. The Morgan fingerprint density at radius 3 is 2.41 bits per heavy atom. The maximum absolute atomic E-state index is 13.8. The van der Waals surface area contributed by atoms with Crippen molar-refractivity contribution in [3.63, 3.8) is 0 Å². The van der Waals surface area contributed by atoms with Crippen LogP contribution < -0.4 is 0 Å². The Morgan fingerprint density at radius 1 is 1.03 bits per heavy atom. The van der Waals surface area contributed by atoms with Gasteiger partial charge in [-0.15, -0.1) is 0 Å². The SMILES string of the molecule is CCOC(=O)c1oc2ccc(S(=O)(=O)N(CCc3ccccc3)Cc3ccc(F)cc3C(F)(F)F)cc2c1C. The summed E-state index contributed by atoms with van der Waals surface area (Å²) in [6, 6.07) is 15.0. The smallest absolute Gasteiger partial charge is 0.416 e. The van der Waals surface area contributed by atoms with Gasteiger partial charge >= 0.3 is 12.1 Å². The van der Waals surface area contributed by atoms with Gasteiger partial charge in [-0.3, -0.25) is 0 Å². The summed E-state index contributed by atoms with van der Waals surface area (Å²) >= 11 is 0. The molecule has 0 aliphatic heterocycles. The maximum Gasteiger partial charge on any atom is 0.416 e. The Labute approximate surface area is 222 Å². The molecule has 4 rings (SSSR count). The standard InChI is InChI=1S/C28H25F4NO5S/c1-3-37-27(34)26-18(2)23-16-22(11-12-25(23)38-26)39(35,36)33(14-13-19-7-5-4-6-8-19)17-20-9-10-21(29)15-24(20)28(30,31)32/h4-12,15-16H,3,13-14,17H2,1-2H3. The first kappa shape index (κ1) is 28.3. The second-order valence-corrected chi connectivity index (χ2v) is 10.7. The number of carbonyl (C=O) groups excluding carboxylic acids is 1. The molecule has 0 atom stereocenters. The molecule has 4 aromatic rings. The van der Waals surface area contributed by atoms with Crippen LogP contribution in [0.25, 0.3) is 11.0 Å². The highest BCUT2D eigenvalue weighted by atomic mass is 32.2. The van der Waals surface area contributed by atoms with E-state index in [1.807, 2.05) is 0 Å². The number of rotatable bonds is 9. The summed E-state index contributed by atoms with van der Waals surface area (Å²) in [6.45, 7) is 2.55. The average molecular weight is 564 g/mol. The van der Waals surface area contributed by atoms with Gasteiger partial charge in [-0.05, 0) is 61.7 Å². The van der Waals surface area contributed by atoms with Crippen molar-refractivity contribution in [2.24, 2.45) is 0 Å². The van der Waals surface area contributed by atoms with Crippen molar-refractivity contribution in [3.8, 4) is 0 Å². The van der Waals surface area contributed by atoms with Gasteiger partial charge in [0.25, 0.3) is 0 Å². The number of esters is 1. The summed E-state index contributed by atoms with van der Waals surface area (Å²) in [6.07, 6.45) is -4.66. The number of ether oxygens (including phenoxy) is 1. The zero-order valence-corrected chi connectivity index (χ0v) is 21.9. The lowest BCUT2D eigenvalue weighted by atomic mass is 10.1. The minimum Gasteiger partial charge on any atom is -0.460 e. The van der Waals surface area contributed by atoms with Gasteiger partial charge in [-0.1, -0.05) is 36.4 Å². The van der Waals surface area contributed by atoms with Crippen molar-refractivity contribution in [1.29, 1.82) is 0 Å². The topological polar surface area (TPSA) is 76.8 Å². The fourth-order valence-corrected chi connectivity index (χ4v) is 5.67. The molecule has 11 heteroatoms. The lowest BCUT2D eigenvalue weighted by molar-refractivity contribution is -0.138. The van der Waals surface area contributed by atoms with Crippen LogP contribution in [0, 0.1) is 12.7 Å². The number of alkyl halides is 3. The Bertz CT molecular complexity index is 1600. The summed E-state index contributed by atoms with van der Waals surface area (Å²) in [4.78, 5) is 12.0. The molecule has 39 heavy (non-hydrogen) atoms. The summed E-state index contributed by atoms with van der Waals surface area (Å²) < 4.78 is 94.0. The van der Waals surface area contributed by atoms with Crippen LogP contribution in [0.3, 0.4) is 0 Å². The van der Waals surface area contributed by atoms with Gasteiger partial charge in [0.15, 0.2) is 0 Å². The molecule has 0 aliphatic carbocycles. The van der Waals surface area contributed by atoms with E-state index in [1.54, 1.807) is 44.2 Å². The van der Waals surface area contributed by atoms with Gasteiger partial charge in [0.1, 0.15) is 11.4 Å². The van der Waals surface area contributed by atoms with E-state index in [9.17, 15) is 30.8 Å². The number of halogens is 4. The number of hydrogen-bond acceptors (Lipinski definition) is 5. The molecule has 0 spiro atoms. The van der Waals surface area contributed by atoms with E-state index < -0.39 is 40.1 Å². The number of hydrogen-bond donors (Lipinski definition) is 0. The van der Waals surface area contributed by atoms with Crippen LogP contribution in [0.2, 0.25) is 0 Å². The highest BCUT2D eigenvalue weighted by Crippen LogP contribution is 2.35. The number of carbonyl (C=O) groups is 1. The van der Waals surface area contributed by atoms with Gasteiger partial charge in [-0.25, -0.2) is 17.6 Å². The summed E-state index contributed by atoms with van der Waals surface area (Å²) in [5, 5.41) is 0.347. The summed E-state index contributed by atoms with van der Waals surface area (Å²) in [5.74, 6) is -1.84. The van der Waals surface area contributed by atoms with Crippen LogP contribution in [-0.4, -0.2) is 31.8 Å². The van der Waals surface area contributed by atoms with E-state index in [0.29, 0.717) is 17.0 Å². The van der Waals surface area contributed by atoms with E-state index in [4.69, 9.17) is 9.15 Å². The predicted molar refractivity (Wildman–Crippen MR) is 136 cm³/mol. The number of sulfonamides is 1. The van der Waals surface area contributed by atoms with Gasteiger partial charge in [0.2, 0.25) is 15.8 Å². The lowest BCUT2D eigenvalue weighted by Crippen LogP contribution is -2.33. The van der Waals surface area contributed by atoms with Crippen LogP contribution in [0.15, 0.2) is 76.0 Å². The molecule has 0 fully saturated rings. The van der Waals surface area contributed by atoms with E-state index in [0.717, 1.165) is 22.0 Å². The lowest BCUT2D eigenvalue weighted by Gasteiger charge is -2.24. The first-order valence-corrected chi connectivity index (χ1v) is 13.5. The Morgan fingerprint density at radius 2 is 1.74 bits per heavy atom. The van der Waals surface area contributed by atoms with Crippen LogP contribution in [-0.2, 0) is 33.9 Å². The second-order valence-electron chi connectivity index (χ2n) is 8.81. The third kappa shape index (κ3) is 6.15. The van der Waals surface area contributed by atoms with Gasteiger partial charge < -0.3 is 9.15 Å². The quantitative estimate of drug-likeness (QED) is 0.171. The third-order valence-electron chi connectivity index (χ3n) is 6.22. The second kappa shape index (κ2) is 11.2. The first-order chi connectivity index (χ1) is 18.4. The normalized spacial score (nSPS) is 12.3. The molecule has 0 saturated heterocycles. The Kier molecular flexibility index (Phi) is 8.12. The minimum atomic E-state index is -4.89. The largest absolute Gasteiger partial charge is 0.460 e. The molecule has 3 aromatic carbocycles. The summed E-state index contributed by atoms with van der Waals surface area (Å²) in [5.41, 5.74) is -0.223. The van der Waals surface area contributed by atoms with E-state index >= 15 is 0 Å². The number of nitrogens with zero attached hydrogens (tertiary/aromatic N) is 1. The van der Waals surface area contributed by atoms with Crippen LogP contribution >= 0.6 is 0 Å². The van der Waals surface area contributed by atoms with Crippen LogP contribution in [0.1, 0.15) is 39.7 Å². The van der Waals surface area contributed by atoms with E-state index in [2.05, 4.69) is 0 Å². The van der Waals surface area contributed by atoms with Crippen molar-refractivity contribution >= 4 is 27.0 Å². The van der Waals surface area contributed by atoms with Crippen molar-refractivity contribution in [2.75, 3.05) is 13.2 Å². The van der Waals surface area contributed by atoms with Crippen molar-refractivity contribution in [1.82, 2.24) is 4.31 Å². The van der Waals surface area contributed by atoms with E-state index in [-0.39, 0.29) is 41.4 Å². The molecule has 0 saturated carbocycles. The number of furan rings is 1. The molecule has 0 bridgehead atoms. The average Bonchev–Trinajstić information content (AvgIpc) is 3.23.